The van der Waals surface area contributed by atoms with Gasteiger partial charge in [-0.2, -0.15) is 0 Å². The molecule has 0 radical (unpaired) electrons. The van der Waals surface area contributed by atoms with E-state index in [-0.39, 0.29) is 12.1 Å². The van der Waals surface area contributed by atoms with Gasteiger partial charge in [-0.25, -0.2) is 0 Å². The molecule has 0 saturated heterocycles. The molecule has 0 N–H and O–H groups in total. The SMILES string of the molecule is CCCCCCCC(=O)[O][Ti](=[O])[O]C(C)C. The molecule has 4 nitrogen and oxygen atoms in total. The monoisotopic (exact) mass is 266 g/mol. The minimum absolute atomic E-state index is 0.148. The number of carbonyl (C=O) groups is 1. The molecule has 0 aliphatic rings. The summed E-state index contributed by atoms with van der Waals surface area (Å²) in [4.78, 5) is 11.2. The predicted octanol–water partition coefficient (Wildman–Crippen LogP) is 3.11. The van der Waals surface area contributed by atoms with Crippen molar-refractivity contribution in [3.05, 3.63) is 0 Å². The van der Waals surface area contributed by atoms with Crippen molar-refractivity contribution in [1.29, 1.82) is 0 Å². The normalized spacial score (nSPS) is 10.5. The summed E-state index contributed by atoms with van der Waals surface area (Å²) in [6.07, 6.45) is 5.57. The third-order valence-electron chi connectivity index (χ3n) is 2.01. The molecule has 0 aromatic rings. The molecule has 0 amide bonds. The zero-order valence-corrected chi connectivity index (χ0v) is 12.0. The molecule has 0 heterocycles. The zero-order chi connectivity index (χ0) is 12.4. The molecule has 0 aromatic heterocycles. The Morgan fingerprint density at radius 3 is 2.38 bits per heavy atom. The van der Waals surface area contributed by atoms with Crippen LogP contribution in [0.5, 0.6) is 0 Å². The van der Waals surface area contributed by atoms with E-state index in [1.54, 1.807) is 13.8 Å². The van der Waals surface area contributed by atoms with Gasteiger partial charge in [0.15, 0.2) is 0 Å². The molecule has 0 aromatic carbocycles. The first-order chi connectivity index (χ1) is 7.56. The van der Waals surface area contributed by atoms with E-state index in [1.165, 1.54) is 12.8 Å². The maximum atomic E-state index is 11.2. The Morgan fingerprint density at radius 1 is 1.19 bits per heavy atom. The maximum absolute atomic E-state index is 11.2. The quantitative estimate of drug-likeness (QED) is 0.475. The van der Waals surface area contributed by atoms with Crippen LogP contribution in [0.15, 0.2) is 0 Å². The van der Waals surface area contributed by atoms with Gasteiger partial charge in [0.05, 0.1) is 0 Å². The summed E-state index contributed by atoms with van der Waals surface area (Å²) in [5.74, 6) is -0.387. The Morgan fingerprint density at radius 2 is 1.81 bits per heavy atom. The van der Waals surface area contributed by atoms with E-state index in [1.807, 2.05) is 0 Å². The van der Waals surface area contributed by atoms with Crippen molar-refractivity contribution in [2.24, 2.45) is 0 Å². The molecular weight excluding hydrogens is 244 g/mol. The summed E-state index contributed by atoms with van der Waals surface area (Å²) in [6.45, 7) is 5.68. The van der Waals surface area contributed by atoms with E-state index in [4.69, 9.17) is 6.64 Å². The van der Waals surface area contributed by atoms with E-state index in [9.17, 15) is 8.12 Å². The second-order valence-corrected chi connectivity index (χ2v) is 5.52. The van der Waals surface area contributed by atoms with Crippen LogP contribution >= 0.6 is 0 Å². The molecule has 0 aliphatic heterocycles. The Hall–Kier alpha value is -0.0557. The first kappa shape index (κ1) is 15.9. The molecule has 94 valence electrons. The first-order valence-corrected chi connectivity index (χ1v) is 7.88. The second-order valence-electron chi connectivity index (χ2n) is 4.05. The number of unbranched alkanes of at least 4 members (excludes halogenated alkanes) is 4. The van der Waals surface area contributed by atoms with Crippen LogP contribution in [0.3, 0.4) is 0 Å². The van der Waals surface area contributed by atoms with E-state index >= 15 is 0 Å². The third-order valence-corrected chi connectivity index (χ3v) is 3.67. The average Bonchev–Trinajstić information content (AvgIpc) is 2.15. The topological polar surface area (TPSA) is 52.6 Å². The van der Waals surface area contributed by atoms with Crippen molar-refractivity contribution in [2.45, 2.75) is 65.4 Å². The molecule has 16 heavy (non-hydrogen) atoms. The van der Waals surface area contributed by atoms with Crippen LogP contribution in [-0.2, 0) is 33.4 Å². The Balaban J connectivity index is 3.47. The number of carbonyl (C=O) groups excluding carboxylic acids is 1. The van der Waals surface area contributed by atoms with Gasteiger partial charge in [-0.1, -0.05) is 0 Å². The third kappa shape index (κ3) is 10.5. The van der Waals surface area contributed by atoms with Crippen LogP contribution < -0.4 is 0 Å². The van der Waals surface area contributed by atoms with E-state index in [0.29, 0.717) is 6.42 Å². The van der Waals surface area contributed by atoms with Crippen LogP contribution in [0, 0.1) is 0 Å². The summed E-state index contributed by atoms with van der Waals surface area (Å²) < 4.78 is 20.8. The summed E-state index contributed by atoms with van der Waals surface area (Å²) in [5, 5.41) is 0. The summed E-state index contributed by atoms with van der Waals surface area (Å²) in [7, 11) is 0. The van der Waals surface area contributed by atoms with Crippen molar-refractivity contribution < 1.29 is 33.4 Å². The van der Waals surface area contributed by atoms with Crippen LogP contribution in [-0.4, -0.2) is 12.1 Å². The summed E-state index contributed by atoms with van der Waals surface area (Å²) in [6, 6.07) is 0. The fraction of sp³-hybridized carbons (Fsp3) is 0.909. The van der Waals surface area contributed by atoms with Crippen molar-refractivity contribution >= 4 is 5.97 Å². The van der Waals surface area contributed by atoms with Gasteiger partial charge in [-0.3, -0.25) is 0 Å². The molecule has 0 saturated carbocycles. The average molecular weight is 266 g/mol. The molecule has 0 spiro atoms. The number of hydrogen-bond acceptors (Lipinski definition) is 4. The van der Waals surface area contributed by atoms with E-state index in [0.717, 1.165) is 19.3 Å². The molecule has 0 unspecified atom stereocenters. The van der Waals surface area contributed by atoms with E-state index < -0.39 is 18.6 Å². The van der Waals surface area contributed by atoms with Crippen LogP contribution in [0.1, 0.15) is 59.3 Å². The van der Waals surface area contributed by atoms with Gasteiger partial charge in [0.2, 0.25) is 0 Å². The first-order valence-electron chi connectivity index (χ1n) is 5.97. The van der Waals surface area contributed by atoms with Gasteiger partial charge in [0, 0.05) is 0 Å². The van der Waals surface area contributed by atoms with Crippen LogP contribution in [0.25, 0.3) is 0 Å². The van der Waals surface area contributed by atoms with Gasteiger partial charge in [-0.05, 0) is 0 Å². The summed E-state index contributed by atoms with van der Waals surface area (Å²) in [5.41, 5.74) is 0. The van der Waals surface area contributed by atoms with Crippen molar-refractivity contribution in [3.8, 4) is 0 Å². The second kappa shape index (κ2) is 10.1. The fourth-order valence-electron chi connectivity index (χ4n) is 1.23. The van der Waals surface area contributed by atoms with Gasteiger partial charge in [0.25, 0.3) is 0 Å². The van der Waals surface area contributed by atoms with Gasteiger partial charge < -0.3 is 0 Å². The standard InChI is InChI=1S/C8H16O2.C3H7O.O.Ti/c1-2-3-4-5-6-7-8(9)10;1-3(2)4;;/h2-7H2,1H3,(H,9,10);3H,1-2H3;;/q;-1;;+2/p-1. The molecular formula is C11H22O4Ti. The summed E-state index contributed by atoms with van der Waals surface area (Å²) >= 11 is -3.24. The van der Waals surface area contributed by atoms with Gasteiger partial charge >= 0.3 is 105 Å². The Labute approximate surface area is 105 Å². The molecule has 0 atom stereocenters. The zero-order valence-electron chi connectivity index (χ0n) is 10.5. The Bertz CT molecular complexity index is 216. The molecule has 0 aliphatic carbocycles. The fourth-order valence-corrected chi connectivity index (χ4v) is 2.36. The van der Waals surface area contributed by atoms with E-state index in [2.05, 4.69) is 6.92 Å². The van der Waals surface area contributed by atoms with Gasteiger partial charge in [-0.15, -0.1) is 0 Å². The minimum atomic E-state index is -3.24. The molecule has 5 heteroatoms. The van der Waals surface area contributed by atoms with Crippen LogP contribution in [0.4, 0.5) is 0 Å². The number of hydrogen-bond donors (Lipinski definition) is 0. The van der Waals surface area contributed by atoms with Gasteiger partial charge in [0.1, 0.15) is 0 Å². The molecule has 0 rings (SSSR count). The predicted molar refractivity (Wildman–Crippen MR) is 56.4 cm³/mol. The van der Waals surface area contributed by atoms with Crippen molar-refractivity contribution in [1.82, 2.24) is 0 Å². The number of rotatable bonds is 9. The molecule has 0 fully saturated rings. The van der Waals surface area contributed by atoms with Crippen molar-refractivity contribution in [2.75, 3.05) is 0 Å². The molecule has 0 bridgehead atoms. The van der Waals surface area contributed by atoms with Crippen molar-refractivity contribution in [3.63, 3.8) is 0 Å². The Kier molecular flexibility index (Phi) is 10.1. The van der Waals surface area contributed by atoms with Crippen LogP contribution in [0.2, 0.25) is 0 Å².